The van der Waals surface area contributed by atoms with Gasteiger partial charge in [-0.3, -0.25) is 0 Å². The van der Waals surface area contributed by atoms with Crippen molar-refractivity contribution in [2.75, 3.05) is 20.3 Å². The Morgan fingerprint density at radius 2 is 2.00 bits per heavy atom. The van der Waals surface area contributed by atoms with Gasteiger partial charge in [0.05, 0.1) is 6.61 Å². The van der Waals surface area contributed by atoms with E-state index in [1.165, 1.54) is 0 Å². The molecule has 0 aromatic heterocycles. The van der Waals surface area contributed by atoms with Crippen LogP contribution >= 0.6 is 0 Å². The highest BCUT2D eigenvalue weighted by Crippen LogP contribution is 2.21. The fourth-order valence-electron chi connectivity index (χ4n) is 1.54. The standard InChI is InChI=1S/C13H19FO2/c1-4-11-9-12(8-10(2)13(11)14)16-7-5-6-15-3/h8-9H,4-7H2,1-3H3. The highest BCUT2D eigenvalue weighted by molar-refractivity contribution is 5.35. The fourth-order valence-corrected chi connectivity index (χ4v) is 1.54. The molecule has 0 radical (unpaired) electrons. The molecule has 0 unspecified atom stereocenters. The van der Waals surface area contributed by atoms with Crippen LogP contribution in [0.1, 0.15) is 24.5 Å². The molecule has 2 nitrogen and oxygen atoms in total. The number of halogens is 1. The second-order valence-electron chi connectivity index (χ2n) is 3.76. The van der Waals surface area contributed by atoms with E-state index in [1.807, 2.05) is 6.92 Å². The zero-order valence-electron chi connectivity index (χ0n) is 10.2. The Balaban J connectivity index is 2.63. The minimum atomic E-state index is -0.119. The Morgan fingerprint density at radius 1 is 1.25 bits per heavy atom. The van der Waals surface area contributed by atoms with Gasteiger partial charge in [-0.15, -0.1) is 0 Å². The quantitative estimate of drug-likeness (QED) is 0.694. The van der Waals surface area contributed by atoms with Crippen LogP contribution < -0.4 is 4.74 Å². The molecule has 0 fully saturated rings. The van der Waals surface area contributed by atoms with Crippen LogP contribution in [0.3, 0.4) is 0 Å². The molecule has 0 saturated heterocycles. The van der Waals surface area contributed by atoms with Crippen molar-refractivity contribution >= 4 is 0 Å². The summed E-state index contributed by atoms with van der Waals surface area (Å²) in [5.41, 5.74) is 1.35. The maximum atomic E-state index is 13.5. The molecule has 16 heavy (non-hydrogen) atoms. The second kappa shape index (κ2) is 6.48. The van der Waals surface area contributed by atoms with E-state index in [0.29, 0.717) is 30.8 Å². The topological polar surface area (TPSA) is 18.5 Å². The van der Waals surface area contributed by atoms with Crippen LogP contribution in [0.2, 0.25) is 0 Å². The minimum Gasteiger partial charge on any atom is -0.493 e. The van der Waals surface area contributed by atoms with Gasteiger partial charge in [0.15, 0.2) is 0 Å². The van der Waals surface area contributed by atoms with Gasteiger partial charge in [0.2, 0.25) is 0 Å². The molecule has 0 spiro atoms. The first-order chi connectivity index (χ1) is 7.69. The number of aryl methyl sites for hydroxylation is 2. The summed E-state index contributed by atoms with van der Waals surface area (Å²) in [6, 6.07) is 3.51. The zero-order chi connectivity index (χ0) is 12.0. The van der Waals surface area contributed by atoms with Crippen molar-refractivity contribution in [3.8, 4) is 5.75 Å². The first-order valence-corrected chi connectivity index (χ1v) is 5.59. The largest absolute Gasteiger partial charge is 0.493 e. The van der Waals surface area contributed by atoms with Crippen molar-refractivity contribution in [2.24, 2.45) is 0 Å². The van der Waals surface area contributed by atoms with Crippen molar-refractivity contribution in [1.29, 1.82) is 0 Å². The predicted octanol–water partition coefficient (Wildman–Crippen LogP) is 3.11. The third-order valence-corrected chi connectivity index (χ3v) is 2.45. The van der Waals surface area contributed by atoms with Crippen molar-refractivity contribution < 1.29 is 13.9 Å². The summed E-state index contributed by atoms with van der Waals surface area (Å²) >= 11 is 0. The molecule has 0 aliphatic carbocycles. The summed E-state index contributed by atoms with van der Waals surface area (Å²) in [4.78, 5) is 0. The van der Waals surface area contributed by atoms with Crippen molar-refractivity contribution in [3.05, 3.63) is 29.1 Å². The van der Waals surface area contributed by atoms with E-state index in [2.05, 4.69) is 0 Å². The van der Waals surface area contributed by atoms with Crippen molar-refractivity contribution in [1.82, 2.24) is 0 Å². The number of methoxy groups -OCH3 is 1. The molecular formula is C13H19FO2. The third kappa shape index (κ3) is 3.49. The summed E-state index contributed by atoms with van der Waals surface area (Å²) < 4.78 is 24.0. The summed E-state index contributed by atoms with van der Waals surface area (Å²) in [6.07, 6.45) is 1.52. The molecule has 0 aliphatic rings. The lowest BCUT2D eigenvalue weighted by atomic mass is 10.1. The van der Waals surface area contributed by atoms with Gasteiger partial charge in [0.1, 0.15) is 11.6 Å². The molecule has 0 saturated carbocycles. The van der Waals surface area contributed by atoms with E-state index in [0.717, 1.165) is 12.2 Å². The van der Waals surface area contributed by atoms with Gasteiger partial charge in [-0.2, -0.15) is 0 Å². The molecule has 0 atom stereocenters. The van der Waals surface area contributed by atoms with E-state index in [4.69, 9.17) is 9.47 Å². The Labute approximate surface area is 96.4 Å². The minimum absolute atomic E-state index is 0.119. The van der Waals surface area contributed by atoms with Crippen molar-refractivity contribution in [2.45, 2.75) is 26.7 Å². The van der Waals surface area contributed by atoms with Crippen LogP contribution in [-0.2, 0) is 11.2 Å². The molecule has 1 rings (SSSR count). The van der Waals surface area contributed by atoms with Gasteiger partial charge in [-0.1, -0.05) is 6.92 Å². The van der Waals surface area contributed by atoms with E-state index >= 15 is 0 Å². The highest BCUT2D eigenvalue weighted by Gasteiger charge is 2.06. The number of hydrogen-bond donors (Lipinski definition) is 0. The smallest absolute Gasteiger partial charge is 0.129 e. The highest BCUT2D eigenvalue weighted by atomic mass is 19.1. The second-order valence-corrected chi connectivity index (χ2v) is 3.76. The Morgan fingerprint density at radius 3 is 2.62 bits per heavy atom. The van der Waals surface area contributed by atoms with Gasteiger partial charge < -0.3 is 9.47 Å². The lowest BCUT2D eigenvalue weighted by molar-refractivity contribution is 0.172. The summed E-state index contributed by atoms with van der Waals surface area (Å²) in [5.74, 6) is 0.624. The van der Waals surface area contributed by atoms with E-state index < -0.39 is 0 Å². The number of ether oxygens (including phenoxy) is 2. The lowest BCUT2D eigenvalue weighted by Crippen LogP contribution is -2.03. The monoisotopic (exact) mass is 226 g/mol. The Kier molecular flexibility index (Phi) is 5.26. The van der Waals surface area contributed by atoms with Crippen molar-refractivity contribution in [3.63, 3.8) is 0 Å². The molecule has 90 valence electrons. The van der Waals surface area contributed by atoms with Crippen LogP contribution in [-0.4, -0.2) is 20.3 Å². The van der Waals surface area contributed by atoms with E-state index in [-0.39, 0.29) is 5.82 Å². The van der Waals surface area contributed by atoms with Crippen LogP contribution in [0.15, 0.2) is 12.1 Å². The Hall–Kier alpha value is -1.09. The predicted molar refractivity (Wildman–Crippen MR) is 62.5 cm³/mol. The maximum absolute atomic E-state index is 13.5. The zero-order valence-corrected chi connectivity index (χ0v) is 10.2. The molecule has 0 heterocycles. The van der Waals surface area contributed by atoms with Gasteiger partial charge in [0, 0.05) is 20.1 Å². The van der Waals surface area contributed by atoms with Gasteiger partial charge in [-0.05, 0) is 36.6 Å². The molecule has 0 aliphatic heterocycles. The summed E-state index contributed by atoms with van der Waals surface area (Å²) in [6.45, 7) is 4.98. The number of rotatable bonds is 6. The van der Waals surface area contributed by atoms with E-state index in [9.17, 15) is 4.39 Å². The van der Waals surface area contributed by atoms with Crippen LogP contribution in [0.5, 0.6) is 5.75 Å². The fraction of sp³-hybridized carbons (Fsp3) is 0.538. The van der Waals surface area contributed by atoms with Gasteiger partial charge in [-0.25, -0.2) is 4.39 Å². The normalized spacial score (nSPS) is 10.5. The summed E-state index contributed by atoms with van der Waals surface area (Å²) in [5, 5.41) is 0. The average molecular weight is 226 g/mol. The molecule has 1 aromatic rings. The maximum Gasteiger partial charge on any atom is 0.129 e. The molecular weight excluding hydrogens is 207 g/mol. The molecule has 0 bridgehead atoms. The van der Waals surface area contributed by atoms with Crippen LogP contribution in [0.25, 0.3) is 0 Å². The SMILES string of the molecule is CCc1cc(OCCCOC)cc(C)c1F. The third-order valence-electron chi connectivity index (χ3n) is 2.45. The first kappa shape index (κ1) is 13.0. The molecule has 1 aromatic carbocycles. The van der Waals surface area contributed by atoms with Crippen LogP contribution in [0.4, 0.5) is 4.39 Å². The lowest BCUT2D eigenvalue weighted by Gasteiger charge is -2.10. The van der Waals surface area contributed by atoms with Gasteiger partial charge in [0.25, 0.3) is 0 Å². The molecule has 0 amide bonds. The number of hydrogen-bond acceptors (Lipinski definition) is 2. The van der Waals surface area contributed by atoms with E-state index in [1.54, 1.807) is 26.2 Å². The first-order valence-electron chi connectivity index (χ1n) is 5.59. The summed E-state index contributed by atoms with van der Waals surface area (Å²) in [7, 11) is 1.66. The molecule has 3 heteroatoms. The number of benzene rings is 1. The molecule has 0 N–H and O–H groups in total. The average Bonchev–Trinajstić information content (AvgIpc) is 2.29. The Bertz CT molecular complexity index is 337. The van der Waals surface area contributed by atoms with Crippen LogP contribution in [0, 0.1) is 12.7 Å². The van der Waals surface area contributed by atoms with Gasteiger partial charge >= 0.3 is 0 Å².